The van der Waals surface area contributed by atoms with Gasteiger partial charge in [-0.25, -0.2) is 9.97 Å². The minimum Gasteiger partial charge on any atom is -0.347 e. The van der Waals surface area contributed by atoms with Crippen molar-refractivity contribution in [3.05, 3.63) is 33.8 Å². The number of imidazole rings is 1. The van der Waals surface area contributed by atoms with Gasteiger partial charge in [-0.3, -0.25) is 9.59 Å². The third-order valence-electron chi connectivity index (χ3n) is 7.76. The highest BCUT2D eigenvalue weighted by atomic mass is 32.1. The van der Waals surface area contributed by atoms with Crippen molar-refractivity contribution in [2.24, 2.45) is 0 Å². The van der Waals surface area contributed by atoms with E-state index in [1.54, 1.807) is 18.3 Å². The molecule has 0 radical (unpaired) electrons. The molecule has 36 heavy (non-hydrogen) atoms. The Morgan fingerprint density at radius 2 is 2.11 bits per heavy atom. The van der Waals surface area contributed by atoms with E-state index in [-0.39, 0.29) is 17.9 Å². The highest BCUT2D eigenvalue weighted by molar-refractivity contribution is 7.09. The smallest absolute Gasteiger partial charge is 0.222 e. The van der Waals surface area contributed by atoms with Crippen LogP contribution in [-0.2, 0) is 22.6 Å². The van der Waals surface area contributed by atoms with Gasteiger partial charge in [-0.2, -0.15) is 0 Å². The number of carbonyl (C=O) groups is 2. The number of nitrogens with one attached hydrogen (secondary N) is 1. The van der Waals surface area contributed by atoms with E-state index >= 15 is 0 Å². The number of amides is 2. The fourth-order valence-electron chi connectivity index (χ4n) is 6.04. The number of aromatic nitrogens is 3. The number of hydrogen-bond acceptors (Lipinski definition) is 6. The maximum Gasteiger partial charge on any atom is 0.222 e. The van der Waals surface area contributed by atoms with Crippen LogP contribution >= 0.6 is 11.3 Å². The molecule has 1 N–H and O–H groups in total. The maximum atomic E-state index is 12.5. The second-order valence-corrected chi connectivity index (χ2v) is 11.2. The Bertz CT molecular complexity index is 1020. The number of nitrogens with zero attached hydrogens (tertiary/aromatic N) is 5. The van der Waals surface area contributed by atoms with Gasteiger partial charge in [0.05, 0.1) is 18.3 Å². The van der Waals surface area contributed by atoms with Crippen LogP contribution < -0.4 is 5.32 Å². The zero-order valence-electron chi connectivity index (χ0n) is 22.3. The molecule has 2 amide bonds. The number of aryl methyl sites for hydroxylation is 1. The summed E-state index contributed by atoms with van der Waals surface area (Å²) >= 11 is 1.61. The second-order valence-electron chi connectivity index (χ2n) is 10.3. The van der Waals surface area contributed by atoms with E-state index in [1.165, 1.54) is 18.5 Å². The SMILES string of the molecule is CCCC(=O)N1CCc2c(nc(C)n2C(CC)CC2CCCN2CCC(NC(C)=O)c2nccs2)C1. The highest BCUT2D eigenvalue weighted by Crippen LogP contribution is 2.33. The van der Waals surface area contributed by atoms with Gasteiger partial charge in [0.2, 0.25) is 11.8 Å². The molecule has 2 aromatic heterocycles. The molecular formula is C27H42N6O2S. The summed E-state index contributed by atoms with van der Waals surface area (Å²) in [5, 5.41) is 6.06. The molecule has 4 rings (SSSR count). The van der Waals surface area contributed by atoms with E-state index in [1.807, 2.05) is 16.5 Å². The van der Waals surface area contributed by atoms with E-state index in [0.29, 0.717) is 25.0 Å². The average molecular weight is 515 g/mol. The van der Waals surface area contributed by atoms with Gasteiger partial charge in [0, 0.05) is 62.2 Å². The van der Waals surface area contributed by atoms with Gasteiger partial charge in [0.1, 0.15) is 10.8 Å². The summed E-state index contributed by atoms with van der Waals surface area (Å²) in [5.74, 6) is 1.32. The zero-order chi connectivity index (χ0) is 25.7. The number of hydrogen-bond donors (Lipinski definition) is 1. The molecule has 1 fully saturated rings. The average Bonchev–Trinajstić information content (AvgIpc) is 3.60. The van der Waals surface area contributed by atoms with Crippen LogP contribution in [0.15, 0.2) is 11.6 Å². The largest absolute Gasteiger partial charge is 0.347 e. The monoisotopic (exact) mass is 514 g/mol. The molecular weight excluding hydrogens is 472 g/mol. The first kappa shape index (κ1) is 26.8. The predicted octanol–water partition coefficient (Wildman–Crippen LogP) is 4.41. The second kappa shape index (κ2) is 12.3. The number of likely N-dealkylation sites (tertiary alicyclic amines) is 1. The highest BCUT2D eigenvalue weighted by Gasteiger charge is 2.32. The Morgan fingerprint density at radius 3 is 2.81 bits per heavy atom. The van der Waals surface area contributed by atoms with Crippen molar-refractivity contribution in [2.75, 3.05) is 19.6 Å². The van der Waals surface area contributed by atoms with Gasteiger partial charge in [-0.05, 0) is 52.0 Å². The minimum absolute atomic E-state index is 0.00506. The van der Waals surface area contributed by atoms with Crippen molar-refractivity contribution < 1.29 is 9.59 Å². The van der Waals surface area contributed by atoms with Crippen molar-refractivity contribution in [1.29, 1.82) is 0 Å². The molecule has 0 saturated carbocycles. The van der Waals surface area contributed by atoms with Crippen molar-refractivity contribution in [3.63, 3.8) is 0 Å². The van der Waals surface area contributed by atoms with Gasteiger partial charge in [0.15, 0.2) is 0 Å². The Kier molecular flexibility index (Phi) is 9.17. The number of carbonyl (C=O) groups excluding carboxylic acids is 2. The van der Waals surface area contributed by atoms with Gasteiger partial charge in [0.25, 0.3) is 0 Å². The van der Waals surface area contributed by atoms with Gasteiger partial charge < -0.3 is 19.7 Å². The zero-order valence-corrected chi connectivity index (χ0v) is 23.1. The van der Waals surface area contributed by atoms with Gasteiger partial charge >= 0.3 is 0 Å². The molecule has 198 valence electrons. The molecule has 0 aromatic carbocycles. The summed E-state index contributed by atoms with van der Waals surface area (Å²) in [6, 6.07) is 0.926. The fourth-order valence-corrected chi connectivity index (χ4v) is 6.76. The van der Waals surface area contributed by atoms with Gasteiger partial charge in [-0.1, -0.05) is 13.8 Å². The van der Waals surface area contributed by atoms with Crippen molar-refractivity contribution in [2.45, 2.75) is 104 Å². The molecule has 4 heterocycles. The van der Waals surface area contributed by atoms with Crippen molar-refractivity contribution >= 4 is 23.2 Å². The first-order valence-corrected chi connectivity index (χ1v) is 14.5. The van der Waals surface area contributed by atoms with E-state index < -0.39 is 0 Å². The topological polar surface area (TPSA) is 83.4 Å². The Morgan fingerprint density at radius 1 is 1.28 bits per heavy atom. The molecule has 0 aliphatic carbocycles. The molecule has 3 atom stereocenters. The summed E-state index contributed by atoms with van der Waals surface area (Å²) in [6.45, 7) is 11.6. The molecule has 1 saturated heterocycles. The standard InChI is InChI=1S/C27H42N6O2S/c1-5-8-26(35)32-15-11-25-24(18-32)29-19(3)33(25)21(6-2)17-22-9-7-13-31(22)14-10-23(30-20(4)34)27-28-12-16-36-27/h12,16,21-23H,5-11,13-15,17-18H2,1-4H3,(H,30,34). The summed E-state index contributed by atoms with van der Waals surface area (Å²) in [4.78, 5) is 38.2. The van der Waals surface area contributed by atoms with E-state index in [4.69, 9.17) is 4.98 Å². The summed E-state index contributed by atoms with van der Waals surface area (Å²) < 4.78 is 2.49. The lowest BCUT2D eigenvalue weighted by Crippen LogP contribution is -2.37. The lowest BCUT2D eigenvalue weighted by molar-refractivity contribution is -0.132. The van der Waals surface area contributed by atoms with Crippen LogP contribution in [0.2, 0.25) is 0 Å². The number of fused-ring (bicyclic) bond motifs is 1. The van der Waals surface area contributed by atoms with E-state index in [2.05, 4.69) is 40.5 Å². The molecule has 9 heteroatoms. The third-order valence-corrected chi connectivity index (χ3v) is 8.65. The van der Waals surface area contributed by atoms with Crippen LogP contribution in [0.5, 0.6) is 0 Å². The van der Waals surface area contributed by atoms with E-state index in [0.717, 1.165) is 68.3 Å². The van der Waals surface area contributed by atoms with Crippen LogP contribution in [0.25, 0.3) is 0 Å². The van der Waals surface area contributed by atoms with Crippen LogP contribution in [0.1, 0.15) is 100 Å². The predicted molar refractivity (Wildman–Crippen MR) is 143 cm³/mol. The van der Waals surface area contributed by atoms with Crippen LogP contribution in [0.3, 0.4) is 0 Å². The molecule has 0 spiro atoms. The van der Waals surface area contributed by atoms with Crippen molar-refractivity contribution in [3.8, 4) is 0 Å². The van der Waals surface area contributed by atoms with E-state index in [9.17, 15) is 9.59 Å². The van der Waals surface area contributed by atoms with Gasteiger partial charge in [-0.15, -0.1) is 11.3 Å². The summed E-state index contributed by atoms with van der Waals surface area (Å²) in [7, 11) is 0. The maximum absolute atomic E-state index is 12.5. The lowest BCUT2D eigenvalue weighted by Gasteiger charge is -2.32. The first-order valence-electron chi connectivity index (χ1n) is 13.7. The molecule has 8 nitrogen and oxygen atoms in total. The van der Waals surface area contributed by atoms with Crippen LogP contribution in [0, 0.1) is 6.92 Å². The lowest BCUT2D eigenvalue weighted by atomic mass is 10.0. The third kappa shape index (κ3) is 6.17. The number of thiazole rings is 1. The Labute approximate surface area is 219 Å². The van der Waals surface area contributed by atoms with Crippen LogP contribution in [-0.4, -0.2) is 61.8 Å². The minimum atomic E-state index is -0.0213. The molecule has 2 aliphatic rings. The summed E-state index contributed by atoms with van der Waals surface area (Å²) in [5.41, 5.74) is 2.42. The molecule has 2 aromatic rings. The quantitative estimate of drug-likeness (QED) is 0.480. The van der Waals surface area contributed by atoms with Crippen LogP contribution in [0.4, 0.5) is 0 Å². The Hall–Kier alpha value is -2.26. The summed E-state index contributed by atoms with van der Waals surface area (Å²) in [6.07, 6.45) is 9.71. The normalized spacial score (nSPS) is 19.8. The Balaban J connectivity index is 1.42. The molecule has 0 bridgehead atoms. The number of rotatable bonds is 11. The van der Waals surface area contributed by atoms with Crippen molar-refractivity contribution in [1.82, 2.24) is 29.7 Å². The molecule has 3 unspecified atom stereocenters. The fraction of sp³-hybridized carbons (Fsp3) is 0.704. The molecule has 2 aliphatic heterocycles. The first-order chi connectivity index (χ1) is 17.4.